The molecule has 0 bridgehead atoms. The Labute approximate surface area is 139 Å². The van der Waals surface area contributed by atoms with Crippen molar-refractivity contribution < 1.29 is 17.9 Å². The van der Waals surface area contributed by atoms with Gasteiger partial charge in [0.05, 0.1) is 0 Å². The molecule has 0 unspecified atom stereocenters. The van der Waals surface area contributed by atoms with E-state index in [4.69, 9.17) is 0 Å². The summed E-state index contributed by atoms with van der Waals surface area (Å²) in [6.07, 6.45) is -4.68. The summed E-state index contributed by atoms with van der Waals surface area (Å²) in [7, 11) is -0.828. The largest absolute Gasteiger partial charge is 0.573 e. The Morgan fingerprint density at radius 1 is 0.583 bits per heavy atom. The third-order valence-corrected chi connectivity index (χ3v) is 5.80. The van der Waals surface area contributed by atoms with E-state index >= 15 is 0 Å². The minimum absolute atomic E-state index is 0.206. The SMILES string of the molecule is FC(F)(F)Oc1ccc(P(c2ccccc2)c2ccccc2)cc1. The van der Waals surface area contributed by atoms with Crippen LogP contribution in [0.2, 0.25) is 0 Å². The molecule has 5 heteroatoms. The lowest BCUT2D eigenvalue weighted by Gasteiger charge is -2.19. The van der Waals surface area contributed by atoms with Gasteiger partial charge in [-0.2, -0.15) is 0 Å². The van der Waals surface area contributed by atoms with Crippen molar-refractivity contribution in [3.05, 3.63) is 84.9 Å². The van der Waals surface area contributed by atoms with Gasteiger partial charge in [-0.3, -0.25) is 0 Å². The summed E-state index contributed by atoms with van der Waals surface area (Å²) in [5, 5.41) is 3.25. The van der Waals surface area contributed by atoms with Crippen molar-refractivity contribution in [2.45, 2.75) is 6.36 Å². The molecule has 122 valence electrons. The van der Waals surface area contributed by atoms with Gasteiger partial charge in [-0.25, -0.2) is 0 Å². The van der Waals surface area contributed by atoms with E-state index in [1.165, 1.54) is 12.1 Å². The van der Waals surface area contributed by atoms with Crippen LogP contribution in [0, 0.1) is 0 Å². The first-order chi connectivity index (χ1) is 11.5. The van der Waals surface area contributed by atoms with Gasteiger partial charge in [0.1, 0.15) is 5.75 Å². The number of halogens is 3. The summed E-state index contributed by atoms with van der Waals surface area (Å²) >= 11 is 0. The van der Waals surface area contributed by atoms with Gasteiger partial charge in [0.2, 0.25) is 0 Å². The van der Waals surface area contributed by atoms with Crippen molar-refractivity contribution in [2.24, 2.45) is 0 Å². The molecule has 0 saturated heterocycles. The maximum Gasteiger partial charge on any atom is 0.573 e. The highest BCUT2D eigenvalue weighted by molar-refractivity contribution is 7.79. The third kappa shape index (κ3) is 4.15. The fraction of sp³-hybridized carbons (Fsp3) is 0.0526. The molecule has 0 spiro atoms. The molecule has 0 fully saturated rings. The summed E-state index contributed by atoms with van der Waals surface area (Å²) < 4.78 is 40.9. The van der Waals surface area contributed by atoms with Crippen LogP contribution in [0.4, 0.5) is 13.2 Å². The smallest absolute Gasteiger partial charge is 0.406 e. The van der Waals surface area contributed by atoms with Crippen LogP contribution < -0.4 is 20.7 Å². The van der Waals surface area contributed by atoms with Crippen molar-refractivity contribution in [3.8, 4) is 5.75 Å². The van der Waals surface area contributed by atoms with Crippen LogP contribution in [-0.4, -0.2) is 6.36 Å². The Bertz CT molecular complexity index is 732. The molecule has 0 aromatic heterocycles. The van der Waals surface area contributed by atoms with Gasteiger partial charge < -0.3 is 4.74 Å². The number of alkyl halides is 3. The molecule has 0 aliphatic carbocycles. The first-order valence-corrected chi connectivity index (χ1v) is 8.63. The van der Waals surface area contributed by atoms with E-state index in [9.17, 15) is 13.2 Å². The Hall–Kier alpha value is -2.32. The van der Waals surface area contributed by atoms with Gasteiger partial charge >= 0.3 is 6.36 Å². The molecular formula is C19H14F3OP. The number of hydrogen-bond acceptors (Lipinski definition) is 1. The molecule has 0 N–H and O–H groups in total. The van der Waals surface area contributed by atoms with E-state index < -0.39 is 14.3 Å². The van der Waals surface area contributed by atoms with Crippen molar-refractivity contribution in [3.63, 3.8) is 0 Å². The molecule has 0 atom stereocenters. The van der Waals surface area contributed by atoms with Gasteiger partial charge in [-0.15, -0.1) is 13.2 Å². The molecule has 3 aromatic carbocycles. The van der Waals surface area contributed by atoms with E-state index in [1.54, 1.807) is 12.1 Å². The quantitative estimate of drug-likeness (QED) is 0.639. The van der Waals surface area contributed by atoms with Gasteiger partial charge in [-0.05, 0) is 36.0 Å². The zero-order valence-corrected chi connectivity index (χ0v) is 13.5. The minimum Gasteiger partial charge on any atom is -0.406 e. The van der Waals surface area contributed by atoms with Crippen LogP contribution in [0.3, 0.4) is 0 Å². The van der Waals surface area contributed by atoms with Crippen molar-refractivity contribution in [1.29, 1.82) is 0 Å². The topological polar surface area (TPSA) is 9.23 Å². The highest BCUT2D eigenvalue weighted by Gasteiger charge is 2.31. The van der Waals surface area contributed by atoms with Gasteiger partial charge in [0.25, 0.3) is 0 Å². The molecule has 3 aromatic rings. The molecule has 24 heavy (non-hydrogen) atoms. The third-order valence-electron chi connectivity index (χ3n) is 3.36. The monoisotopic (exact) mass is 346 g/mol. The number of hydrogen-bond donors (Lipinski definition) is 0. The number of ether oxygens (including phenoxy) is 1. The van der Waals surface area contributed by atoms with Crippen LogP contribution in [0.25, 0.3) is 0 Å². The summed E-state index contributed by atoms with van der Waals surface area (Å²) in [6, 6.07) is 26.1. The Morgan fingerprint density at radius 3 is 1.42 bits per heavy atom. The number of rotatable bonds is 4. The highest BCUT2D eigenvalue weighted by Crippen LogP contribution is 2.33. The molecule has 3 rings (SSSR count). The first-order valence-electron chi connectivity index (χ1n) is 7.29. The molecule has 0 aliphatic heterocycles. The highest BCUT2D eigenvalue weighted by atomic mass is 31.1. The molecule has 0 saturated carbocycles. The van der Waals surface area contributed by atoms with Gasteiger partial charge in [0.15, 0.2) is 0 Å². The molecule has 0 heterocycles. The van der Waals surface area contributed by atoms with Crippen LogP contribution >= 0.6 is 7.92 Å². The summed E-state index contributed by atoms with van der Waals surface area (Å²) in [4.78, 5) is 0. The van der Waals surface area contributed by atoms with E-state index in [1.807, 2.05) is 60.7 Å². The number of benzene rings is 3. The fourth-order valence-electron chi connectivity index (χ4n) is 2.40. The Kier molecular flexibility index (Phi) is 4.86. The van der Waals surface area contributed by atoms with Crippen LogP contribution in [-0.2, 0) is 0 Å². The molecule has 1 nitrogen and oxygen atoms in total. The molecule has 0 aliphatic rings. The zero-order chi connectivity index (χ0) is 17.0. The zero-order valence-electron chi connectivity index (χ0n) is 12.6. The summed E-state index contributed by atoms with van der Waals surface area (Å²) in [5.41, 5.74) is 0. The Balaban J connectivity index is 1.98. The predicted octanol–water partition coefficient (Wildman–Crippen LogP) is 4.34. The average Bonchev–Trinajstić information content (AvgIpc) is 2.57. The van der Waals surface area contributed by atoms with E-state index in [2.05, 4.69) is 4.74 Å². The second-order valence-electron chi connectivity index (χ2n) is 5.05. The maximum atomic E-state index is 12.3. The van der Waals surface area contributed by atoms with Crippen molar-refractivity contribution in [2.75, 3.05) is 0 Å². The Morgan fingerprint density at radius 2 is 1.00 bits per heavy atom. The van der Waals surface area contributed by atoms with Crippen LogP contribution in [0.1, 0.15) is 0 Å². The van der Waals surface area contributed by atoms with Gasteiger partial charge in [-0.1, -0.05) is 72.8 Å². The fourth-order valence-corrected chi connectivity index (χ4v) is 4.68. The lowest BCUT2D eigenvalue weighted by molar-refractivity contribution is -0.274. The van der Waals surface area contributed by atoms with Crippen molar-refractivity contribution in [1.82, 2.24) is 0 Å². The lowest BCUT2D eigenvalue weighted by Crippen LogP contribution is -2.21. The lowest BCUT2D eigenvalue weighted by atomic mass is 10.3. The van der Waals surface area contributed by atoms with Crippen LogP contribution in [0.15, 0.2) is 84.9 Å². The van der Waals surface area contributed by atoms with Crippen LogP contribution in [0.5, 0.6) is 5.75 Å². The second kappa shape index (κ2) is 7.06. The molecular weight excluding hydrogens is 332 g/mol. The van der Waals surface area contributed by atoms with Gasteiger partial charge in [0, 0.05) is 0 Å². The maximum absolute atomic E-state index is 12.3. The second-order valence-corrected chi connectivity index (χ2v) is 7.27. The molecule has 0 radical (unpaired) electrons. The van der Waals surface area contributed by atoms with E-state index in [-0.39, 0.29) is 5.75 Å². The average molecular weight is 346 g/mol. The predicted molar refractivity (Wildman–Crippen MR) is 91.8 cm³/mol. The van der Waals surface area contributed by atoms with Crippen molar-refractivity contribution >= 4 is 23.8 Å². The summed E-state index contributed by atoms with van der Waals surface area (Å²) in [6.45, 7) is 0. The summed E-state index contributed by atoms with van der Waals surface area (Å²) in [5.74, 6) is -0.206. The normalized spacial score (nSPS) is 11.5. The molecule has 0 amide bonds. The standard InChI is InChI=1S/C19H14F3OP/c20-19(21,22)23-15-11-13-18(14-12-15)24(16-7-3-1-4-8-16)17-9-5-2-6-10-17/h1-14H. The first kappa shape index (κ1) is 16.5. The van der Waals surface area contributed by atoms with E-state index in [0.29, 0.717) is 0 Å². The minimum atomic E-state index is -4.68. The van der Waals surface area contributed by atoms with E-state index in [0.717, 1.165) is 15.9 Å².